The molecule has 3 N–H and O–H groups in total. The maximum Gasteiger partial charge on any atom is 0.223 e. The Hall–Kier alpha value is -0.570. The van der Waals surface area contributed by atoms with Crippen molar-refractivity contribution in [3.05, 3.63) is 0 Å². The van der Waals surface area contributed by atoms with Crippen molar-refractivity contribution >= 4 is 5.91 Å². The van der Waals surface area contributed by atoms with Gasteiger partial charge in [0.1, 0.15) is 0 Å². The largest absolute Gasteiger partial charge is 0.353 e. The second kappa shape index (κ2) is 3.89. The van der Waals surface area contributed by atoms with E-state index in [0.29, 0.717) is 12.0 Å². The van der Waals surface area contributed by atoms with Gasteiger partial charge in [0.2, 0.25) is 5.91 Å². The van der Waals surface area contributed by atoms with Crippen LogP contribution < -0.4 is 11.1 Å². The zero-order valence-electron chi connectivity index (χ0n) is 8.83. The Morgan fingerprint density at radius 1 is 1.36 bits per heavy atom. The van der Waals surface area contributed by atoms with Crippen molar-refractivity contribution in [2.24, 2.45) is 17.6 Å². The molecule has 0 aromatic heterocycles. The van der Waals surface area contributed by atoms with Crippen LogP contribution in [0.1, 0.15) is 39.0 Å². The van der Waals surface area contributed by atoms with Gasteiger partial charge in [0, 0.05) is 18.0 Å². The van der Waals surface area contributed by atoms with E-state index < -0.39 is 0 Å². The van der Waals surface area contributed by atoms with Crippen LogP contribution in [0.25, 0.3) is 0 Å². The number of carbonyl (C=O) groups excluding carboxylic acids is 1. The molecule has 2 unspecified atom stereocenters. The van der Waals surface area contributed by atoms with Crippen LogP contribution >= 0.6 is 0 Å². The predicted octanol–water partition coefficient (Wildman–Crippen LogP) is 1.03. The minimum atomic E-state index is 0.206. The average molecular weight is 196 g/mol. The number of amides is 1. The monoisotopic (exact) mass is 196 g/mol. The zero-order valence-corrected chi connectivity index (χ0v) is 8.83. The molecular formula is C11H20N2O. The molecule has 1 amide bonds. The van der Waals surface area contributed by atoms with Gasteiger partial charge in [-0.2, -0.15) is 0 Å². The molecule has 3 nitrogen and oxygen atoms in total. The van der Waals surface area contributed by atoms with Crippen molar-refractivity contribution in [3.8, 4) is 0 Å². The first-order valence-corrected chi connectivity index (χ1v) is 5.72. The first-order valence-electron chi connectivity index (χ1n) is 5.72. The summed E-state index contributed by atoms with van der Waals surface area (Å²) in [6.07, 6.45) is 5.44. The van der Waals surface area contributed by atoms with Crippen LogP contribution in [0, 0.1) is 11.8 Å². The molecule has 2 saturated carbocycles. The first kappa shape index (κ1) is 9.97. The Labute approximate surface area is 85.4 Å². The van der Waals surface area contributed by atoms with E-state index in [4.69, 9.17) is 5.73 Å². The summed E-state index contributed by atoms with van der Waals surface area (Å²) >= 11 is 0. The van der Waals surface area contributed by atoms with Crippen LogP contribution in [0.5, 0.6) is 0 Å². The molecule has 14 heavy (non-hydrogen) atoms. The summed E-state index contributed by atoms with van der Waals surface area (Å²) in [6.45, 7) is 2.23. The highest BCUT2D eigenvalue weighted by molar-refractivity contribution is 5.80. The number of hydrogen-bond acceptors (Lipinski definition) is 2. The first-order chi connectivity index (χ1) is 6.66. The van der Waals surface area contributed by atoms with Gasteiger partial charge in [0.25, 0.3) is 0 Å². The molecule has 80 valence electrons. The lowest BCUT2D eigenvalue weighted by molar-refractivity contribution is -0.128. The van der Waals surface area contributed by atoms with Gasteiger partial charge in [0.15, 0.2) is 0 Å². The summed E-state index contributed by atoms with van der Waals surface area (Å²) in [4.78, 5) is 11.7. The summed E-state index contributed by atoms with van der Waals surface area (Å²) < 4.78 is 0. The lowest BCUT2D eigenvalue weighted by atomic mass is 9.80. The smallest absolute Gasteiger partial charge is 0.223 e. The van der Waals surface area contributed by atoms with Gasteiger partial charge < -0.3 is 11.1 Å². The van der Waals surface area contributed by atoms with Gasteiger partial charge in [-0.1, -0.05) is 13.3 Å². The fourth-order valence-electron chi connectivity index (χ4n) is 2.54. The van der Waals surface area contributed by atoms with Crippen molar-refractivity contribution in [1.82, 2.24) is 5.32 Å². The average Bonchev–Trinajstić information content (AvgIpc) is 2.46. The van der Waals surface area contributed by atoms with Gasteiger partial charge in [-0.3, -0.25) is 4.79 Å². The second-order valence-electron chi connectivity index (χ2n) is 4.95. The minimum Gasteiger partial charge on any atom is -0.353 e. The molecule has 2 aliphatic rings. The SMILES string of the molecule is CC1CCCC1NC(=O)C1CC(N)C1. The maximum atomic E-state index is 11.7. The lowest BCUT2D eigenvalue weighted by Gasteiger charge is -2.32. The van der Waals surface area contributed by atoms with Crippen LogP contribution in [-0.4, -0.2) is 18.0 Å². The number of rotatable bonds is 2. The zero-order chi connectivity index (χ0) is 10.1. The molecule has 2 rings (SSSR count). The standard InChI is InChI=1S/C11H20N2O/c1-7-3-2-4-10(7)13-11(14)8-5-9(12)6-8/h7-10H,2-6,12H2,1H3,(H,13,14). The van der Waals surface area contributed by atoms with Crippen molar-refractivity contribution < 1.29 is 4.79 Å². The molecule has 0 aromatic carbocycles. The molecule has 0 saturated heterocycles. The van der Waals surface area contributed by atoms with Crippen molar-refractivity contribution in [2.75, 3.05) is 0 Å². The van der Waals surface area contributed by atoms with Gasteiger partial charge in [0.05, 0.1) is 0 Å². The molecule has 0 spiro atoms. The van der Waals surface area contributed by atoms with Crippen LogP contribution in [0.4, 0.5) is 0 Å². The minimum absolute atomic E-state index is 0.206. The van der Waals surface area contributed by atoms with E-state index in [0.717, 1.165) is 19.3 Å². The number of nitrogens with one attached hydrogen (secondary N) is 1. The van der Waals surface area contributed by atoms with Gasteiger partial charge >= 0.3 is 0 Å². The third kappa shape index (κ3) is 1.92. The van der Waals surface area contributed by atoms with Crippen molar-refractivity contribution in [3.63, 3.8) is 0 Å². The maximum absolute atomic E-state index is 11.7. The van der Waals surface area contributed by atoms with E-state index in [1.54, 1.807) is 0 Å². The van der Waals surface area contributed by atoms with Crippen LogP contribution in [-0.2, 0) is 4.79 Å². The molecule has 0 heterocycles. The molecule has 0 aliphatic heterocycles. The van der Waals surface area contributed by atoms with E-state index in [-0.39, 0.29) is 17.9 Å². The molecule has 2 aliphatic carbocycles. The Morgan fingerprint density at radius 2 is 2.07 bits per heavy atom. The summed E-state index contributed by atoms with van der Waals surface area (Å²) in [5.74, 6) is 1.11. The van der Waals surface area contributed by atoms with Crippen LogP contribution in [0.2, 0.25) is 0 Å². The summed E-state index contributed by atoms with van der Waals surface area (Å²) in [5.41, 5.74) is 5.66. The van der Waals surface area contributed by atoms with Gasteiger partial charge in [-0.15, -0.1) is 0 Å². The van der Waals surface area contributed by atoms with Crippen molar-refractivity contribution in [2.45, 2.75) is 51.1 Å². The predicted molar refractivity (Wildman–Crippen MR) is 55.6 cm³/mol. The highest BCUT2D eigenvalue weighted by atomic mass is 16.2. The van der Waals surface area contributed by atoms with Gasteiger partial charge in [-0.05, 0) is 31.6 Å². The van der Waals surface area contributed by atoms with Crippen LogP contribution in [0.15, 0.2) is 0 Å². The second-order valence-corrected chi connectivity index (χ2v) is 4.95. The molecule has 0 bridgehead atoms. The summed E-state index contributed by atoms with van der Waals surface area (Å²) in [6, 6.07) is 0.700. The number of nitrogens with two attached hydrogens (primary N) is 1. The third-order valence-corrected chi connectivity index (χ3v) is 3.73. The Morgan fingerprint density at radius 3 is 2.57 bits per heavy atom. The molecule has 2 atom stereocenters. The van der Waals surface area contributed by atoms with Gasteiger partial charge in [-0.25, -0.2) is 0 Å². The Balaban J connectivity index is 1.77. The topological polar surface area (TPSA) is 55.1 Å². The highest BCUT2D eigenvalue weighted by Crippen LogP contribution is 2.28. The highest BCUT2D eigenvalue weighted by Gasteiger charge is 2.34. The van der Waals surface area contributed by atoms with E-state index >= 15 is 0 Å². The van der Waals surface area contributed by atoms with E-state index in [1.165, 1.54) is 12.8 Å². The van der Waals surface area contributed by atoms with E-state index in [1.807, 2.05) is 0 Å². The summed E-state index contributed by atoms with van der Waals surface area (Å²) in [5, 5.41) is 3.16. The fraction of sp³-hybridized carbons (Fsp3) is 0.909. The Kier molecular flexibility index (Phi) is 2.77. The van der Waals surface area contributed by atoms with E-state index in [9.17, 15) is 4.79 Å². The molecule has 0 aromatic rings. The van der Waals surface area contributed by atoms with Crippen LogP contribution in [0.3, 0.4) is 0 Å². The fourth-order valence-corrected chi connectivity index (χ4v) is 2.54. The Bertz CT molecular complexity index is 223. The third-order valence-electron chi connectivity index (χ3n) is 3.73. The normalized spacial score (nSPS) is 41.9. The molecular weight excluding hydrogens is 176 g/mol. The molecule has 2 fully saturated rings. The lowest BCUT2D eigenvalue weighted by Crippen LogP contribution is -2.48. The summed E-state index contributed by atoms with van der Waals surface area (Å²) in [7, 11) is 0. The molecule has 3 heteroatoms. The van der Waals surface area contributed by atoms with Crippen molar-refractivity contribution in [1.29, 1.82) is 0 Å². The number of hydrogen-bond donors (Lipinski definition) is 2. The quantitative estimate of drug-likeness (QED) is 0.693. The van der Waals surface area contributed by atoms with E-state index in [2.05, 4.69) is 12.2 Å². The molecule has 0 radical (unpaired) electrons. The number of carbonyl (C=O) groups is 1.